The molecule has 6 heteroatoms. The topological polar surface area (TPSA) is 52.6 Å². The van der Waals surface area contributed by atoms with Crippen LogP contribution in [0.5, 0.6) is 0 Å². The Bertz CT molecular complexity index is 618. The van der Waals surface area contributed by atoms with E-state index < -0.39 is 27.8 Å². The second kappa shape index (κ2) is 11.5. The maximum Gasteiger partial charge on any atom is 0.185 e. The third kappa shape index (κ3) is 8.51. The summed E-state index contributed by atoms with van der Waals surface area (Å²) in [5.74, 6) is -0.427. The van der Waals surface area contributed by atoms with Crippen molar-refractivity contribution >= 4 is 28.2 Å². The summed E-state index contributed by atoms with van der Waals surface area (Å²) >= 11 is 0. The first-order valence-corrected chi connectivity index (χ1v) is 19.1. The highest BCUT2D eigenvalue weighted by Crippen LogP contribution is 2.41. The molecule has 0 radical (unpaired) electrons. The quantitative estimate of drug-likeness (QED) is 0.197. The number of carbonyl (C=O) groups is 2. The highest BCUT2D eigenvalue weighted by molar-refractivity contribution is 6.70. The van der Waals surface area contributed by atoms with Crippen LogP contribution in [0.1, 0.15) is 65.2 Å². The van der Waals surface area contributed by atoms with Gasteiger partial charge in [0.05, 0.1) is 0 Å². The predicted octanol–water partition coefficient (Wildman–Crippen LogP) is 7.08. The van der Waals surface area contributed by atoms with Gasteiger partial charge in [-0.25, -0.2) is 0 Å². The fourth-order valence-electron chi connectivity index (χ4n) is 5.10. The Balaban J connectivity index is 3.32. The zero-order valence-electron chi connectivity index (χ0n) is 22.0. The molecule has 4 nitrogen and oxygen atoms in total. The SMILES string of the molecule is C=CCCC(C)(O[Si](C)(C)C)C(=O)C1CCCCC1C(=O)C(C)(CCC=C)O[Si](C)(C)C. The molecule has 0 saturated heterocycles. The third-order valence-electron chi connectivity index (χ3n) is 6.20. The summed E-state index contributed by atoms with van der Waals surface area (Å²) in [6.07, 6.45) is 9.78. The van der Waals surface area contributed by atoms with Gasteiger partial charge in [0.25, 0.3) is 0 Å². The van der Waals surface area contributed by atoms with Crippen molar-refractivity contribution in [3.63, 3.8) is 0 Å². The van der Waals surface area contributed by atoms with Crippen molar-refractivity contribution in [2.45, 2.75) is 116 Å². The van der Waals surface area contributed by atoms with Crippen molar-refractivity contribution in [2.75, 3.05) is 0 Å². The maximum atomic E-state index is 14.0. The monoisotopic (exact) mass is 480 g/mol. The second-order valence-electron chi connectivity index (χ2n) is 11.8. The minimum atomic E-state index is -1.97. The van der Waals surface area contributed by atoms with Crippen LogP contribution < -0.4 is 0 Å². The van der Waals surface area contributed by atoms with Gasteiger partial charge in [0.1, 0.15) is 11.2 Å². The first kappa shape index (κ1) is 29.2. The average molecular weight is 481 g/mol. The van der Waals surface area contributed by atoms with E-state index >= 15 is 0 Å². The molecule has 4 atom stereocenters. The van der Waals surface area contributed by atoms with Crippen molar-refractivity contribution in [1.82, 2.24) is 0 Å². The first-order valence-electron chi connectivity index (χ1n) is 12.3. The van der Waals surface area contributed by atoms with E-state index in [1.807, 2.05) is 26.0 Å². The summed E-state index contributed by atoms with van der Waals surface area (Å²) in [4.78, 5) is 28.0. The highest BCUT2D eigenvalue weighted by atomic mass is 28.4. The maximum absolute atomic E-state index is 14.0. The third-order valence-corrected chi connectivity index (χ3v) is 8.32. The molecule has 0 aromatic carbocycles. The van der Waals surface area contributed by atoms with Crippen LogP contribution in [0, 0.1) is 11.8 Å². The summed E-state index contributed by atoms with van der Waals surface area (Å²) in [6, 6.07) is 0. The molecule has 1 aliphatic rings. The Hall–Kier alpha value is -0.826. The number of hydrogen-bond donors (Lipinski definition) is 0. The molecule has 0 aromatic rings. The van der Waals surface area contributed by atoms with Gasteiger partial charge in [0, 0.05) is 11.8 Å². The largest absolute Gasteiger partial charge is 0.405 e. The highest BCUT2D eigenvalue weighted by Gasteiger charge is 2.50. The van der Waals surface area contributed by atoms with E-state index in [0.29, 0.717) is 25.7 Å². The Morgan fingerprint density at radius 2 is 1.09 bits per heavy atom. The van der Waals surface area contributed by atoms with Crippen LogP contribution in [0.3, 0.4) is 0 Å². The van der Waals surface area contributed by atoms with E-state index in [2.05, 4.69) is 52.4 Å². The zero-order chi connectivity index (χ0) is 24.8. The molecular weight excluding hydrogens is 432 g/mol. The molecule has 1 aliphatic carbocycles. The van der Waals surface area contributed by atoms with Gasteiger partial charge in [-0.05, 0) is 91.7 Å². The van der Waals surface area contributed by atoms with Crippen LogP contribution >= 0.6 is 0 Å². The van der Waals surface area contributed by atoms with E-state index in [0.717, 1.165) is 25.7 Å². The van der Waals surface area contributed by atoms with Crippen molar-refractivity contribution in [2.24, 2.45) is 11.8 Å². The number of ketones is 2. The lowest BCUT2D eigenvalue weighted by molar-refractivity contribution is -0.151. The molecule has 32 heavy (non-hydrogen) atoms. The van der Waals surface area contributed by atoms with Gasteiger partial charge >= 0.3 is 0 Å². The summed E-state index contributed by atoms with van der Waals surface area (Å²) in [7, 11) is -3.95. The predicted molar refractivity (Wildman–Crippen MR) is 140 cm³/mol. The number of rotatable bonds is 14. The number of carbonyl (C=O) groups excluding carboxylic acids is 2. The molecule has 1 fully saturated rings. The Morgan fingerprint density at radius 3 is 1.34 bits per heavy atom. The van der Waals surface area contributed by atoms with E-state index in [9.17, 15) is 9.59 Å². The van der Waals surface area contributed by atoms with Crippen molar-refractivity contribution in [3.05, 3.63) is 25.3 Å². The van der Waals surface area contributed by atoms with Gasteiger partial charge in [0.2, 0.25) is 0 Å². The lowest BCUT2D eigenvalue weighted by atomic mass is 9.68. The van der Waals surface area contributed by atoms with Crippen LogP contribution in [0.2, 0.25) is 39.3 Å². The summed E-state index contributed by atoms with van der Waals surface area (Å²) in [6.45, 7) is 24.2. The molecule has 4 unspecified atom stereocenters. The minimum absolute atomic E-state index is 0.0962. The normalized spacial score (nSPS) is 23.6. The van der Waals surface area contributed by atoms with E-state index in [-0.39, 0.29) is 23.4 Å². The lowest BCUT2D eigenvalue weighted by Crippen LogP contribution is -2.55. The fraction of sp³-hybridized carbons (Fsp3) is 0.769. The fourth-order valence-corrected chi connectivity index (χ4v) is 8.21. The van der Waals surface area contributed by atoms with Crippen molar-refractivity contribution < 1.29 is 18.4 Å². The molecule has 0 spiro atoms. The summed E-state index contributed by atoms with van der Waals surface area (Å²) in [5.41, 5.74) is -1.76. The summed E-state index contributed by atoms with van der Waals surface area (Å²) in [5, 5.41) is 0. The van der Waals surface area contributed by atoms with E-state index in [1.54, 1.807) is 0 Å². The molecule has 0 bridgehead atoms. The second-order valence-corrected chi connectivity index (χ2v) is 20.6. The molecule has 1 saturated carbocycles. The van der Waals surface area contributed by atoms with Gasteiger partial charge in [-0.3, -0.25) is 9.59 Å². The standard InChI is InChI=1S/C26H48O4Si2/c1-11-13-19-25(3,29-31(5,6)7)23(27)21-17-15-16-18-22(21)24(28)26(4,20-14-12-2)30-32(8,9)10/h11-12,21-22H,1-2,13-20H2,3-10H3. The van der Waals surface area contributed by atoms with Crippen LogP contribution in [0.25, 0.3) is 0 Å². The van der Waals surface area contributed by atoms with Gasteiger partial charge < -0.3 is 8.85 Å². The Morgan fingerprint density at radius 1 is 0.781 bits per heavy atom. The minimum Gasteiger partial charge on any atom is -0.405 e. The molecule has 1 rings (SSSR count). The molecule has 0 heterocycles. The molecule has 0 aromatic heterocycles. The number of Topliss-reactive ketones (excluding diaryl/α,β-unsaturated/α-hetero) is 2. The molecule has 0 N–H and O–H groups in total. The van der Waals surface area contributed by atoms with Gasteiger partial charge in [-0.15, -0.1) is 13.2 Å². The Labute approximate surface area is 199 Å². The van der Waals surface area contributed by atoms with Crippen LogP contribution in [0.15, 0.2) is 25.3 Å². The first-order chi connectivity index (χ1) is 14.6. The van der Waals surface area contributed by atoms with Crippen molar-refractivity contribution in [3.8, 4) is 0 Å². The molecule has 0 amide bonds. The average Bonchev–Trinajstić information content (AvgIpc) is 2.67. The molecule has 184 valence electrons. The molecule has 0 aliphatic heterocycles. The van der Waals surface area contributed by atoms with Crippen LogP contribution in [-0.4, -0.2) is 39.4 Å². The zero-order valence-corrected chi connectivity index (χ0v) is 24.0. The number of hydrogen-bond acceptors (Lipinski definition) is 4. The van der Waals surface area contributed by atoms with Gasteiger partial charge in [-0.2, -0.15) is 0 Å². The smallest absolute Gasteiger partial charge is 0.185 e. The van der Waals surface area contributed by atoms with Crippen LogP contribution in [-0.2, 0) is 18.4 Å². The molecular formula is C26H48O4Si2. The van der Waals surface area contributed by atoms with Crippen molar-refractivity contribution in [1.29, 1.82) is 0 Å². The van der Waals surface area contributed by atoms with Gasteiger partial charge in [-0.1, -0.05) is 25.0 Å². The van der Waals surface area contributed by atoms with Crippen LogP contribution in [0.4, 0.5) is 0 Å². The van der Waals surface area contributed by atoms with E-state index in [4.69, 9.17) is 8.85 Å². The van der Waals surface area contributed by atoms with E-state index in [1.165, 1.54) is 0 Å². The summed E-state index contributed by atoms with van der Waals surface area (Å²) < 4.78 is 13.0. The Kier molecular flexibility index (Phi) is 10.5. The number of allylic oxidation sites excluding steroid dienone is 2. The lowest BCUT2D eigenvalue weighted by Gasteiger charge is -2.43. The van der Waals surface area contributed by atoms with Gasteiger partial charge in [0.15, 0.2) is 28.2 Å².